The van der Waals surface area contributed by atoms with Gasteiger partial charge >= 0.3 is 0 Å². The second-order valence-corrected chi connectivity index (χ2v) is 21.5. The average molecular weight is 1160 g/mol. The molecule has 0 saturated heterocycles. The van der Waals surface area contributed by atoms with Crippen molar-refractivity contribution in [3.63, 3.8) is 0 Å². The lowest BCUT2D eigenvalue weighted by Gasteiger charge is -2.28. The number of amides is 8. The van der Waals surface area contributed by atoms with Crippen molar-refractivity contribution in [3.8, 4) is 5.75 Å². The predicted molar refractivity (Wildman–Crippen MR) is 309 cm³/mol. The molecule has 0 aliphatic carbocycles. The quantitative estimate of drug-likeness (QED) is 0.0157. The highest BCUT2D eigenvalue weighted by Gasteiger charge is 2.36. The van der Waals surface area contributed by atoms with Gasteiger partial charge < -0.3 is 69.6 Å². The minimum Gasteiger partial charge on any atom is -0.508 e. The van der Waals surface area contributed by atoms with Crippen molar-refractivity contribution in [2.45, 2.75) is 105 Å². The van der Waals surface area contributed by atoms with Crippen LogP contribution in [0.3, 0.4) is 0 Å². The summed E-state index contributed by atoms with van der Waals surface area (Å²) in [4.78, 5) is 118. The number of unbranched alkanes of at least 4 members (excludes halogenated alkanes) is 1. The number of fused-ring (bicyclic) bond motifs is 1. The van der Waals surface area contributed by atoms with E-state index >= 15 is 0 Å². The van der Waals surface area contributed by atoms with Crippen LogP contribution >= 0.6 is 46.8 Å². The molecule has 2 aromatic heterocycles. The maximum Gasteiger partial charge on any atom is 0.245 e. The number of thiol groups is 2. The number of aliphatic hydroxyl groups is 1. The van der Waals surface area contributed by atoms with E-state index in [2.05, 4.69) is 72.4 Å². The van der Waals surface area contributed by atoms with Crippen LogP contribution in [-0.4, -0.2) is 146 Å². The zero-order valence-electron chi connectivity index (χ0n) is 43.2. The molecule has 0 spiro atoms. The summed E-state index contributed by atoms with van der Waals surface area (Å²) in [6.07, 6.45) is 2.31. The Bertz CT molecular complexity index is 2820. The highest BCUT2D eigenvalue weighted by molar-refractivity contribution is 8.76. The molecular weight excluding hydrogens is 1090 g/mol. The number of para-hydroxylation sites is 1. The topological polar surface area (TPSA) is 368 Å². The van der Waals surface area contributed by atoms with Crippen molar-refractivity contribution in [1.29, 1.82) is 0 Å². The summed E-state index contributed by atoms with van der Waals surface area (Å²) < 4.78 is 0. The molecule has 9 atom stereocenters. The molecule has 2 heterocycles. The van der Waals surface area contributed by atoms with Gasteiger partial charge in [-0.2, -0.15) is 25.3 Å². The van der Waals surface area contributed by atoms with E-state index < -0.39 is 102 Å². The number of nitrogens with one attached hydrogen (secondary N) is 8. The number of carbonyl (C=O) groups excluding carboxylic acids is 8. The second kappa shape index (κ2) is 32.3. The molecule has 0 radical (unpaired) electrons. The van der Waals surface area contributed by atoms with E-state index in [0.29, 0.717) is 29.0 Å². The Labute approximate surface area is 476 Å². The summed E-state index contributed by atoms with van der Waals surface area (Å²) >= 11 is 8.54. The fourth-order valence-electron chi connectivity index (χ4n) is 7.96. The monoisotopic (exact) mass is 1160 g/mol. The maximum atomic E-state index is 14.7. The number of hydrogen-bond acceptors (Lipinski definition) is 17. The molecule has 5 rings (SSSR count). The van der Waals surface area contributed by atoms with Crippen molar-refractivity contribution >= 4 is 105 Å². The molecule has 5 aromatic rings. The van der Waals surface area contributed by atoms with Crippen molar-refractivity contribution < 1.29 is 48.6 Å². The predicted octanol–water partition coefficient (Wildman–Crippen LogP) is 0.313. The van der Waals surface area contributed by atoms with Gasteiger partial charge in [-0.05, 0) is 97.0 Å². The number of carbonyl (C=O) groups is 8. The molecule has 0 aliphatic heterocycles. The van der Waals surface area contributed by atoms with E-state index in [1.165, 1.54) is 40.6 Å². The van der Waals surface area contributed by atoms with Crippen molar-refractivity contribution in [2.24, 2.45) is 17.2 Å². The van der Waals surface area contributed by atoms with E-state index in [-0.39, 0.29) is 55.2 Å². The van der Waals surface area contributed by atoms with E-state index in [0.717, 1.165) is 16.5 Å². The number of aromatic amines is 1. The number of phenols is 1. The van der Waals surface area contributed by atoms with Gasteiger partial charge in [0.25, 0.3) is 0 Å². The summed E-state index contributed by atoms with van der Waals surface area (Å²) in [5, 5.41) is 40.6. The third-order valence-corrected chi connectivity index (χ3v) is 15.3. The maximum absolute atomic E-state index is 14.7. The minimum atomic E-state index is -1.69. The molecule has 0 bridgehead atoms. The lowest BCUT2D eigenvalue weighted by atomic mass is 10.0. The van der Waals surface area contributed by atoms with E-state index in [1.807, 2.05) is 36.4 Å². The van der Waals surface area contributed by atoms with Crippen LogP contribution in [0, 0.1) is 0 Å². The van der Waals surface area contributed by atoms with Gasteiger partial charge in [0.15, 0.2) is 0 Å². The molecule has 79 heavy (non-hydrogen) atoms. The number of H-pyrrole nitrogens is 1. The Hall–Kier alpha value is -6.81. The molecule has 16 N–H and O–H groups in total. The fourth-order valence-corrected chi connectivity index (χ4v) is 10.6. The number of hydrogen-bond donors (Lipinski definition) is 15. The number of primary amides is 1. The molecule has 3 aromatic carbocycles. The van der Waals surface area contributed by atoms with E-state index in [4.69, 9.17) is 17.2 Å². The van der Waals surface area contributed by atoms with E-state index in [1.54, 1.807) is 60.9 Å². The first-order chi connectivity index (χ1) is 37.9. The Balaban J connectivity index is 1.36. The third kappa shape index (κ3) is 20.1. The van der Waals surface area contributed by atoms with E-state index in [9.17, 15) is 48.6 Å². The number of pyridine rings is 1. The molecule has 8 amide bonds. The van der Waals surface area contributed by atoms with Gasteiger partial charge in [0.05, 0.1) is 12.1 Å². The fraction of sp³-hybridized carbons (Fsp3) is 0.377. The SMILES string of the molecule is CC(O)C(NC(=O)C(CCCCN)NC(=O)C(Cc1c[nH]c2ccccc12)NC(=O)C(Cc1ccc(O)cc1)NC(=O)C(CS)NC(=O)C(N)Cc1ccccc1)C(=O)NC(CS)C(=O)NC(CSSc1ccccn1)C(N)=O. The van der Waals surface area contributed by atoms with Crippen LogP contribution in [-0.2, 0) is 57.6 Å². The number of aromatic nitrogens is 2. The lowest BCUT2D eigenvalue weighted by molar-refractivity contribution is -0.136. The number of nitrogens with zero attached hydrogens (tertiary/aromatic N) is 1. The van der Waals surface area contributed by atoms with Gasteiger partial charge in [0, 0.05) is 53.4 Å². The minimum absolute atomic E-state index is 0.0190. The summed E-state index contributed by atoms with van der Waals surface area (Å²) in [6, 6.07) is 16.7. The first-order valence-electron chi connectivity index (χ1n) is 25.3. The molecule has 22 nitrogen and oxygen atoms in total. The Kier molecular flexibility index (Phi) is 25.8. The molecular formula is C53H68N12O10S4. The number of rotatable bonds is 32. The largest absolute Gasteiger partial charge is 0.508 e. The number of benzene rings is 3. The second-order valence-electron chi connectivity index (χ2n) is 18.4. The number of nitrogens with two attached hydrogens (primary N) is 3. The Morgan fingerprint density at radius 1 is 0.620 bits per heavy atom. The zero-order chi connectivity index (χ0) is 57.4. The first kappa shape index (κ1) is 63.0. The first-order valence-corrected chi connectivity index (χ1v) is 28.8. The molecule has 0 saturated carbocycles. The smallest absolute Gasteiger partial charge is 0.245 e. The van der Waals surface area contributed by atoms with Crippen LogP contribution in [0.4, 0.5) is 0 Å². The van der Waals surface area contributed by atoms with Crippen LogP contribution in [0.1, 0.15) is 42.9 Å². The summed E-state index contributed by atoms with van der Waals surface area (Å²) in [5.74, 6) is -7.14. The van der Waals surface area contributed by atoms with Gasteiger partial charge in [0.2, 0.25) is 47.3 Å². The van der Waals surface area contributed by atoms with Crippen LogP contribution in [0.15, 0.2) is 114 Å². The molecule has 26 heteroatoms. The van der Waals surface area contributed by atoms with Crippen molar-refractivity contribution in [3.05, 3.63) is 126 Å². The number of aliphatic hydroxyl groups excluding tert-OH is 1. The van der Waals surface area contributed by atoms with Crippen LogP contribution in [0.5, 0.6) is 5.75 Å². The number of phenolic OH excluding ortho intramolecular Hbond substituents is 1. The van der Waals surface area contributed by atoms with Gasteiger partial charge in [-0.1, -0.05) is 77.5 Å². The Morgan fingerprint density at radius 2 is 1.16 bits per heavy atom. The normalized spacial score (nSPS) is 14.6. The third-order valence-electron chi connectivity index (χ3n) is 12.3. The summed E-state index contributed by atoms with van der Waals surface area (Å²) in [5.41, 5.74) is 20.2. The van der Waals surface area contributed by atoms with Crippen LogP contribution in [0.25, 0.3) is 10.9 Å². The highest BCUT2D eigenvalue weighted by Crippen LogP contribution is 2.29. The Morgan fingerprint density at radius 3 is 1.77 bits per heavy atom. The van der Waals surface area contributed by atoms with Gasteiger partial charge in [-0.15, -0.1) is 0 Å². The van der Waals surface area contributed by atoms with Crippen molar-refractivity contribution in [2.75, 3.05) is 23.8 Å². The molecule has 424 valence electrons. The van der Waals surface area contributed by atoms with Gasteiger partial charge in [-0.3, -0.25) is 38.4 Å². The molecule has 0 fully saturated rings. The zero-order valence-corrected chi connectivity index (χ0v) is 46.6. The molecule has 9 unspecified atom stereocenters. The van der Waals surface area contributed by atoms with Crippen LogP contribution in [0.2, 0.25) is 0 Å². The summed E-state index contributed by atoms with van der Waals surface area (Å²) in [6.45, 7) is 1.47. The summed E-state index contributed by atoms with van der Waals surface area (Å²) in [7, 11) is 2.47. The van der Waals surface area contributed by atoms with Crippen LogP contribution < -0.4 is 54.4 Å². The number of aromatic hydroxyl groups is 1. The lowest BCUT2D eigenvalue weighted by Crippen LogP contribution is -2.62. The van der Waals surface area contributed by atoms with Crippen molar-refractivity contribution in [1.82, 2.24) is 47.2 Å². The standard InChI is InChI=1S/C53H68N12O10S4/c1-30(66)45(53(75)63-42(28-77)52(74)64-43(46(56)68)29-78-79-44-16-8-10-22-57-44)65-48(70)38(15-7-9-21-54)59-50(72)40(25-33-26-58-37-14-6-5-13-35(33)37)61-49(71)39(24-32-17-19-34(67)20-18-32)60-51(73)41(27-76)62-47(69)36(55)23-31-11-3-2-4-12-31/h2-6,8,10-14,16-20,22,26,30,36,38-43,45,58,66-67,76-77H,7,9,15,21,23-25,27-29,54-55H2,1H3,(H2,56,68)(H,59,72)(H,60,73)(H,61,71)(H,62,69)(H,63,75)(H,64,74)(H,65,70). The highest BCUT2D eigenvalue weighted by atomic mass is 33.1. The molecule has 0 aliphatic rings. The average Bonchev–Trinajstić information content (AvgIpc) is 3.87. The van der Waals surface area contributed by atoms with Gasteiger partial charge in [0.1, 0.15) is 53.1 Å². The van der Waals surface area contributed by atoms with Gasteiger partial charge in [-0.25, -0.2) is 4.98 Å².